The van der Waals surface area contributed by atoms with E-state index in [4.69, 9.17) is 0 Å². The molecule has 1 N–H and O–H groups in total. The van der Waals surface area contributed by atoms with Gasteiger partial charge in [-0.2, -0.15) is 29.4 Å². The predicted octanol–water partition coefficient (Wildman–Crippen LogP) is 3.09. The minimum Gasteiger partial charge on any atom is -0.366 e. The smallest absolute Gasteiger partial charge is 0.366 e. The summed E-state index contributed by atoms with van der Waals surface area (Å²) in [4.78, 5) is 0. The molecule has 116 valence electrons. The largest absolute Gasteiger partial charge is 0.453 e. The van der Waals surface area contributed by atoms with Crippen LogP contribution in [0.25, 0.3) is 5.65 Å². The van der Waals surface area contributed by atoms with Crippen LogP contribution in [-0.2, 0) is 6.18 Å². The Morgan fingerprint density at radius 1 is 1.33 bits per heavy atom. The van der Waals surface area contributed by atoms with Gasteiger partial charge in [-0.15, -0.1) is 15.3 Å². The first-order valence-electron chi connectivity index (χ1n) is 6.55. The summed E-state index contributed by atoms with van der Waals surface area (Å²) in [5.41, 5.74) is 0.0714. The molecule has 2 rings (SSSR count). The van der Waals surface area contributed by atoms with Gasteiger partial charge in [0.25, 0.3) is 5.82 Å². The molecule has 0 saturated carbocycles. The van der Waals surface area contributed by atoms with Crippen molar-refractivity contribution in [2.24, 2.45) is 0 Å². The van der Waals surface area contributed by atoms with E-state index < -0.39 is 12.0 Å². The van der Waals surface area contributed by atoms with E-state index in [1.807, 2.05) is 18.7 Å². The summed E-state index contributed by atoms with van der Waals surface area (Å²) in [5.74, 6) is 1.30. The van der Waals surface area contributed by atoms with Crippen molar-refractivity contribution >= 4 is 23.2 Å². The van der Waals surface area contributed by atoms with Crippen molar-refractivity contribution in [3.05, 3.63) is 18.0 Å². The lowest BCUT2D eigenvalue weighted by atomic mass is 10.2. The van der Waals surface area contributed by atoms with Crippen LogP contribution in [0.2, 0.25) is 0 Å². The molecule has 9 heteroatoms. The van der Waals surface area contributed by atoms with Crippen molar-refractivity contribution in [1.29, 1.82) is 0 Å². The van der Waals surface area contributed by atoms with Gasteiger partial charge in [-0.1, -0.05) is 6.92 Å². The predicted molar refractivity (Wildman–Crippen MR) is 76.5 cm³/mol. The van der Waals surface area contributed by atoms with Crippen LogP contribution < -0.4 is 5.32 Å². The number of nitrogens with one attached hydrogen (secondary N) is 1. The summed E-state index contributed by atoms with van der Waals surface area (Å²) in [6.07, 6.45) is -3.67. The Hall–Kier alpha value is -1.51. The summed E-state index contributed by atoms with van der Waals surface area (Å²) in [6, 6.07) is 3.19. The van der Waals surface area contributed by atoms with Gasteiger partial charge < -0.3 is 5.32 Å². The van der Waals surface area contributed by atoms with Crippen molar-refractivity contribution < 1.29 is 13.2 Å². The number of alkyl halides is 3. The minimum absolute atomic E-state index is 0.0714. The number of fused-ring (bicyclic) bond motifs is 1. The second-order valence-corrected chi connectivity index (χ2v) is 5.93. The van der Waals surface area contributed by atoms with E-state index in [1.54, 1.807) is 6.07 Å². The average molecular weight is 319 g/mol. The Bertz CT molecular complexity index is 598. The second kappa shape index (κ2) is 6.50. The third-order valence-corrected chi connectivity index (χ3v) is 3.74. The first kappa shape index (κ1) is 15.9. The number of thioether (sulfide) groups is 1. The van der Waals surface area contributed by atoms with Crippen molar-refractivity contribution in [3.8, 4) is 0 Å². The van der Waals surface area contributed by atoms with Crippen molar-refractivity contribution in [1.82, 2.24) is 19.8 Å². The normalized spacial score (nSPS) is 13.6. The molecule has 5 nitrogen and oxygen atoms in total. The molecule has 1 unspecified atom stereocenters. The monoisotopic (exact) mass is 319 g/mol. The molecule has 2 aromatic rings. The van der Waals surface area contributed by atoms with Crippen LogP contribution in [0, 0.1) is 0 Å². The van der Waals surface area contributed by atoms with Gasteiger partial charge in [-0.25, -0.2) is 0 Å². The zero-order chi connectivity index (χ0) is 15.5. The third-order valence-electron chi connectivity index (χ3n) is 2.81. The van der Waals surface area contributed by atoms with E-state index in [0.29, 0.717) is 5.82 Å². The molecule has 0 aliphatic rings. The van der Waals surface area contributed by atoms with Gasteiger partial charge >= 0.3 is 6.18 Å². The molecule has 0 saturated heterocycles. The summed E-state index contributed by atoms with van der Waals surface area (Å²) in [6.45, 7) is 4.06. The minimum atomic E-state index is -4.57. The number of anilines is 1. The van der Waals surface area contributed by atoms with Gasteiger partial charge in [0.05, 0.1) is 0 Å². The van der Waals surface area contributed by atoms with E-state index >= 15 is 0 Å². The van der Waals surface area contributed by atoms with Crippen molar-refractivity contribution in [2.75, 3.05) is 16.8 Å². The molecule has 0 aromatic carbocycles. The summed E-state index contributed by atoms with van der Waals surface area (Å²) >= 11 is 1.82. The highest BCUT2D eigenvalue weighted by molar-refractivity contribution is 7.99. The van der Waals surface area contributed by atoms with Crippen LogP contribution in [0.4, 0.5) is 19.0 Å². The molecule has 2 heterocycles. The number of nitrogens with zero attached hydrogens (tertiary/aromatic N) is 4. The molecule has 0 fully saturated rings. The number of hydrogen-bond acceptors (Lipinski definition) is 5. The summed E-state index contributed by atoms with van der Waals surface area (Å²) in [7, 11) is 0. The van der Waals surface area contributed by atoms with E-state index in [-0.39, 0.29) is 11.7 Å². The lowest BCUT2D eigenvalue weighted by Gasteiger charge is -2.14. The Morgan fingerprint density at radius 2 is 2.10 bits per heavy atom. The Labute approximate surface area is 124 Å². The van der Waals surface area contributed by atoms with E-state index in [1.165, 1.54) is 6.07 Å². The van der Waals surface area contributed by atoms with Crippen LogP contribution in [-0.4, -0.2) is 37.4 Å². The van der Waals surface area contributed by atoms with Gasteiger partial charge in [-0.3, -0.25) is 0 Å². The maximum absolute atomic E-state index is 12.8. The van der Waals surface area contributed by atoms with E-state index in [2.05, 4.69) is 27.5 Å². The van der Waals surface area contributed by atoms with E-state index in [9.17, 15) is 13.2 Å². The molecule has 1 atom stereocenters. The molecule has 2 aromatic heterocycles. The fourth-order valence-electron chi connectivity index (χ4n) is 1.77. The third kappa shape index (κ3) is 3.99. The first-order valence-corrected chi connectivity index (χ1v) is 7.71. The first-order chi connectivity index (χ1) is 9.91. The summed E-state index contributed by atoms with van der Waals surface area (Å²) < 4.78 is 39.0. The van der Waals surface area contributed by atoms with Crippen LogP contribution in [0.15, 0.2) is 12.1 Å². The molecular weight excluding hydrogens is 303 g/mol. The Kier molecular flexibility index (Phi) is 4.92. The fourth-order valence-corrected chi connectivity index (χ4v) is 2.58. The number of halogens is 3. The highest BCUT2D eigenvalue weighted by Crippen LogP contribution is 2.27. The van der Waals surface area contributed by atoms with Crippen LogP contribution in [0.1, 0.15) is 26.1 Å². The van der Waals surface area contributed by atoms with Crippen LogP contribution in [0.3, 0.4) is 0 Å². The molecule has 0 aliphatic heterocycles. The molecule has 0 spiro atoms. The number of aromatic nitrogens is 4. The lowest BCUT2D eigenvalue weighted by Crippen LogP contribution is -2.19. The molecule has 21 heavy (non-hydrogen) atoms. The van der Waals surface area contributed by atoms with Crippen molar-refractivity contribution in [3.63, 3.8) is 0 Å². The molecular formula is C12H16F3N5S. The van der Waals surface area contributed by atoms with Crippen LogP contribution in [0.5, 0.6) is 0 Å². The van der Waals surface area contributed by atoms with Gasteiger partial charge in [0, 0.05) is 6.04 Å². The van der Waals surface area contributed by atoms with Gasteiger partial charge in [0.1, 0.15) is 5.82 Å². The number of rotatable bonds is 6. The lowest BCUT2D eigenvalue weighted by molar-refractivity contribution is -0.146. The topological polar surface area (TPSA) is 55.1 Å². The fraction of sp³-hybridized carbons (Fsp3) is 0.583. The second-order valence-electron chi connectivity index (χ2n) is 4.54. The number of hydrogen-bond donors (Lipinski definition) is 1. The average Bonchev–Trinajstić information content (AvgIpc) is 2.82. The zero-order valence-electron chi connectivity index (χ0n) is 11.7. The molecule has 0 bridgehead atoms. The Balaban J connectivity index is 2.14. The van der Waals surface area contributed by atoms with Gasteiger partial charge in [-0.05, 0) is 37.0 Å². The summed E-state index contributed by atoms with van der Waals surface area (Å²) in [5, 5.41) is 13.6. The van der Waals surface area contributed by atoms with Gasteiger partial charge in [0.2, 0.25) is 0 Å². The van der Waals surface area contributed by atoms with Crippen molar-refractivity contribution in [2.45, 2.75) is 32.5 Å². The maximum atomic E-state index is 12.8. The van der Waals surface area contributed by atoms with E-state index in [0.717, 1.165) is 22.4 Å². The molecule has 0 radical (unpaired) electrons. The quantitative estimate of drug-likeness (QED) is 0.829. The molecule has 0 aliphatic carbocycles. The SMILES string of the molecule is CCSCCC(C)Nc1ccc2nnc(C(F)(F)F)n2n1. The maximum Gasteiger partial charge on any atom is 0.453 e. The molecule has 0 amide bonds. The zero-order valence-corrected chi connectivity index (χ0v) is 12.5. The van der Waals surface area contributed by atoms with Gasteiger partial charge in [0.15, 0.2) is 5.65 Å². The highest BCUT2D eigenvalue weighted by Gasteiger charge is 2.37. The standard InChI is InChI=1S/C12H16F3N5S/c1-3-21-7-6-8(2)16-9-4-5-10-17-18-11(12(13,14)15)20(10)19-9/h4-5,8H,3,6-7H2,1-2H3,(H,16,19). The van der Waals surface area contributed by atoms with Crippen LogP contribution >= 0.6 is 11.8 Å². The highest BCUT2D eigenvalue weighted by atomic mass is 32.2. The Morgan fingerprint density at radius 3 is 2.76 bits per heavy atom.